The minimum atomic E-state index is 1.11. The van der Waals surface area contributed by atoms with E-state index in [2.05, 4.69) is 45.8 Å². The van der Waals surface area contributed by atoms with Crippen LogP contribution in [0.4, 0.5) is 0 Å². The Kier molecular flexibility index (Phi) is 1.66. The van der Waals surface area contributed by atoms with Crippen molar-refractivity contribution in [2.45, 2.75) is 0 Å². The van der Waals surface area contributed by atoms with Gasteiger partial charge in [-0.15, -0.1) is 0 Å². The summed E-state index contributed by atoms with van der Waals surface area (Å²) in [5.74, 6) is 0. The topological polar surface area (TPSA) is 12.9 Å². The van der Waals surface area contributed by atoms with Gasteiger partial charge >= 0.3 is 73.3 Å². The van der Waals surface area contributed by atoms with E-state index in [-0.39, 0.29) is 0 Å². The summed E-state index contributed by atoms with van der Waals surface area (Å²) in [6, 6.07) is 10.3. The van der Waals surface area contributed by atoms with Crippen LogP contribution in [0.5, 0.6) is 0 Å². The van der Waals surface area contributed by atoms with Crippen LogP contribution >= 0.6 is 0 Å². The zero-order valence-electron chi connectivity index (χ0n) is 5.91. The predicted octanol–water partition coefficient (Wildman–Crippen LogP) is 1.03. The third-order valence-electron chi connectivity index (χ3n) is 1.63. The van der Waals surface area contributed by atoms with Gasteiger partial charge < -0.3 is 0 Å². The maximum atomic E-state index is 4.28. The van der Waals surface area contributed by atoms with Gasteiger partial charge in [0.2, 0.25) is 0 Å². The molecule has 2 heteroatoms. The Balaban J connectivity index is 2.91. The van der Waals surface area contributed by atoms with E-state index in [1.807, 2.05) is 12.3 Å². The van der Waals surface area contributed by atoms with E-state index in [0.717, 1.165) is 5.52 Å². The first-order chi connectivity index (χ1) is 5.38. The standard InChI is InChI=1S/C9H6GeN/c10-8-5-1-3-7-4-2-6-11-9(7)8/h1-6H. The first-order valence-electron chi connectivity index (χ1n) is 3.43. The third kappa shape index (κ3) is 1.16. The van der Waals surface area contributed by atoms with Crippen molar-refractivity contribution >= 4 is 31.8 Å². The Morgan fingerprint density at radius 2 is 1.91 bits per heavy atom. The zero-order valence-corrected chi connectivity index (χ0v) is 8.01. The van der Waals surface area contributed by atoms with Crippen LogP contribution in [0.15, 0.2) is 36.5 Å². The quantitative estimate of drug-likeness (QED) is 0.579. The van der Waals surface area contributed by atoms with Crippen LogP contribution in [-0.2, 0) is 0 Å². The SMILES string of the molecule is [Ge][c]1cccc2cccnc12. The van der Waals surface area contributed by atoms with Crippen LogP contribution in [-0.4, -0.2) is 21.5 Å². The molecule has 0 bridgehead atoms. The van der Waals surface area contributed by atoms with Crippen molar-refractivity contribution in [1.82, 2.24) is 4.98 Å². The molecule has 0 fully saturated rings. The molecule has 0 saturated heterocycles. The van der Waals surface area contributed by atoms with Gasteiger partial charge in [-0.3, -0.25) is 0 Å². The van der Waals surface area contributed by atoms with Gasteiger partial charge in [0.15, 0.2) is 0 Å². The predicted molar refractivity (Wildman–Crippen MR) is 47.1 cm³/mol. The summed E-state index contributed by atoms with van der Waals surface area (Å²) in [6.45, 7) is 0. The summed E-state index contributed by atoms with van der Waals surface area (Å²) >= 11 is 2.08. The molecule has 2 aromatic rings. The van der Waals surface area contributed by atoms with Gasteiger partial charge in [-0.1, -0.05) is 0 Å². The number of para-hydroxylation sites is 1. The molecule has 1 aromatic carbocycles. The van der Waals surface area contributed by atoms with Gasteiger partial charge in [0.05, 0.1) is 0 Å². The molecule has 1 nitrogen and oxygen atoms in total. The van der Waals surface area contributed by atoms with E-state index in [9.17, 15) is 0 Å². The molecular weight excluding hydrogens is 195 g/mol. The first kappa shape index (κ1) is 6.86. The van der Waals surface area contributed by atoms with E-state index in [0.29, 0.717) is 0 Å². The van der Waals surface area contributed by atoms with E-state index < -0.39 is 0 Å². The number of rotatable bonds is 0. The van der Waals surface area contributed by atoms with Crippen LogP contribution < -0.4 is 4.40 Å². The Morgan fingerprint density at radius 1 is 1.09 bits per heavy atom. The molecule has 51 valence electrons. The molecule has 0 aliphatic rings. The van der Waals surface area contributed by atoms with E-state index >= 15 is 0 Å². The molecule has 11 heavy (non-hydrogen) atoms. The summed E-state index contributed by atoms with van der Waals surface area (Å²) in [5, 5.41) is 1.22. The first-order valence-corrected chi connectivity index (χ1v) is 4.48. The van der Waals surface area contributed by atoms with Crippen molar-refractivity contribution in [3.05, 3.63) is 36.5 Å². The van der Waals surface area contributed by atoms with Crippen LogP contribution in [0.2, 0.25) is 0 Å². The number of hydrogen-bond acceptors (Lipinski definition) is 1. The molecular formula is C9H6GeN. The number of pyridine rings is 1. The number of hydrogen-bond donors (Lipinski definition) is 0. The van der Waals surface area contributed by atoms with Crippen LogP contribution in [0.1, 0.15) is 0 Å². The van der Waals surface area contributed by atoms with Gasteiger partial charge in [0, 0.05) is 0 Å². The molecule has 1 aromatic heterocycles. The normalized spacial score (nSPS) is 10.3. The summed E-state index contributed by atoms with van der Waals surface area (Å²) in [5.41, 5.74) is 1.11. The van der Waals surface area contributed by atoms with Gasteiger partial charge in [-0.25, -0.2) is 0 Å². The monoisotopic (exact) mass is 202 g/mol. The van der Waals surface area contributed by atoms with Crippen molar-refractivity contribution in [3.63, 3.8) is 0 Å². The fourth-order valence-corrected chi connectivity index (χ4v) is 1.74. The molecule has 0 unspecified atom stereocenters. The van der Waals surface area contributed by atoms with Crippen LogP contribution in [0.3, 0.4) is 0 Å². The van der Waals surface area contributed by atoms with E-state index in [1.54, 1.807) is 0 Å². The average molecular weight is 201 g/mol. The molecule has 2 rings (SSSR count). The Hall–Kier alpha value is -0.827. The number of benzene rings is 1. The van der Waals surface area contributed by atoms with Crippen LogP contribution in [0, 0.1) is 0 Å². The fourth-order valence-electron chi connectivity index (χ4n) is 1.10. The molecule has 1 heterocycles. The minimum absolute atomic E-state index is 1.11. The van der Waals surface area contributed by atoms with Gasteiger partial charge in [-0.2, -0.15) is 0 Å². The second-order valence-electron chi connectivity index (χ2n) is 2.38. The molecule has 0 aliphatic heterocycles. The Bertz CT molecular complexity index is 379. The second-order valence-corrected chi connectivity index (χ2v) is 3.51. The molecule has 3 radical (unpaired) electrons. The molecule has 0 spiro atoms. The van der Waals surface area contributed by atoms with E-state index in [4.69, 9.17) is 0 Å². The fraction of sp³-hybridized carbons (Fsp3) is 0. The van der Waals surface area contributed by atoms with Gasteiger partial charge in [-0.05, 0) is 0 Å². The van der Waals surface area contributed by atoms with Crippen molar-refractivity contribution in [2.24, 2.45) is 0 Å². The Labute approximate surface area is 73.7 Å². The third-order valence-corrected chi connectivity index (χ3v) is 2.48. The molecule has 0 N–H and O–H groups in total. The molecule has 0 aliphatic carbocycles. The van der Waals surface area contributed by atoms with Gasteiger partial charge in [0.25, 0.3) is 0 Å². The number of nitrogens with zero attached hydrogens (tertiary/aromatic N) is 1. The summed E-state index contributed by atoms with van der Waals surface area (Å²) in [7, 11) is 0. The molecule has 0 amide bonds. The number of aromatic nitrogens is 1. The van der Waals surface area contributed by atoms with E-state index in [1.165, 1.54) is 9.78 Å². The average Bonchev–Trinajstić information content (AvgIpc) is 2.06. The summed E-state index contributed by atoms with van der Waals surface area (Å²) < 4.78 is 1.24. The van der Waals surface area contributed by atoms with Gasteiger partial charge in [0.1, 0.15) is 0 Å². The number of fused-ring (bicyclic) bond motifs is 1. The van der Waals surface area contributed by atoms with Crippen molar-refractivity contribution < 1.29 is 0 Å². The maximum absolute atomic E-state index is 4.28. The Morgan fingerprint density at radius 3 is 2.73 bits per heavy atom. The second kappa shape index (κ2) is 2.66. The van der Waals surface area contributed by atoms with Crippen LogP contribution in [0.25, 0.3) is 10.9 Å². The molecule has 0 saturated carbocycles. The van der Waals surface area contributed by atoms with Crippen molar-refractivity contribution in [2.75, 3.05) is 0 Å². The molecule has 0 atom stereocenters. The van der Waals surface area contributed by atoms with Crippen molar-refractivity contribution in [3.8, 4) is 0 Å². The zero-order chi connectivity index (χ0) is 7.68. The van der Waals surface area contributed by atoms with Crippen molar-refractivity contribution in [1.29, 1.82) is 0 Å². The summed E-state index contributed by atoms with van der Waals surface area (Å²) in [4.78, 5) is 4.28. The summed E-state index contributed by atoms with van der Waals surface area (Å²) in [6.07, 6.45) is 1.83.